The Morgan fingerprint density at radius 3 is 2.83 bits per heavy atom. The molecule has 0 aromatic heterocycles. The minimum absolute atomic E-state index is 0.113. The lowest BCUT2D eigenvalue weighted by atomic mass is 9.86. The zero-order valence-electron chi connectivity index (χ0n) is 11.0. The molecule has 2 rings (SSSR count). The van der Waals surface area contributed by atoms with Crippen LogP contribution in [0.15, 0.2) is 18.2 Å². The van der Waals surface area contributed by atoms with Gasteiger partial charge in [0.05, 0.1) is 6.10 Å². The van der Waals surface area contributed by atoms with Gasteiger partial charge in [-0.1, -0.05) is 30.5 Å². The van der Waals surface area contributed by atoms with Crippen molar-refractivity contribution in [1.29, 1.82) is 0 Å². The number of hydrogen-bond acceptors (Lipinski definition) is 2. The van der Waals surface area contributed by atoms with Crippen LogP contribution >= 0.6 is 11.6 Å². The minimum Gasteiger partial charge on any atom is -0.393 e. The molecule has 2 nitrogen and oxygen atoms in total. The van der Waals surface area contributed by atoms with Crippen molar-refractivity contribution in [3.8, 4) is 0 Å². The molecular formula is C15H22ClNO. The van der Waals surface area contributed by atoms with Crippen LogP contribution in [0.5, 0.6) is 0 Å². The van der Waals surface area contributed by atoms with Gasteiger partial charge in [0.2, 0.25) is 0 Å². The van der Waals surface area contributed by atoms with E-state index in [-0.39, 0.29) is 6.10 Å². The van der Waals surface area contributed by atoms with Gasteiger partial charge in [0.15, 0.2) is 0 Å². The zero-order chi connectivity index (χ0) is 13.0. The number of nitrogens with one attached hydrogen (secondary N) is 1. The van der Waals surface area contributed by atoms with Crippen LogP contribution in [-0.2, 0) is 6.54 Å². The molecule has 3 heteroatoms. The summed E-state index contributed by atoms with van der Waals surface area (Å²) >= 11 is 5.94. The third-order valence-electron chi connectivity index (χ3n) is 3.90. The largest absolute Gasteiger partial charge is 0.393 e. The summed E-state index contributed by atoms with van der Waals surface area (Å²) in [5, 5.41) is 14.1. The number of aryl methyl sites for hydroxylation is 1. The normalized spacial score (nSPS) is 24.2. The van der Waals surface area contributed by atoms with Crippen molar-refractivity contribution < 1.29 is 5.11 Å². The SMILES string of the molecule is Cc1cc(Cl)ccc1CNCC1CCCCC1O. The third-order valence-corrected chi connectivity index (χ3v) is 4.13. The van der Waals surface area contributed by atoms with Crippen LogP contribution in [0.4, 0.5) is 0 Å². The van der Waals surface area contributed by atoms with E-state index >= 15 is 0 Å². The molecule has 0 radical (unpaired) electrons. The Kier molecular flexibility index (Phi) is 5.04. The van der Waals surface area contributed by atoms with Gasteiger partial charge in [0.1, 0.15) is 0 Å². The van der Waals surface area contributed by atoms with Crippen molar-refractivity contribution in [3.05, 3.63) is 34.3 Å². The van der Waals surface area contributed by atoms with Crippen LogP contribution in [0, 0.1) is 12.8 Å². The first-order valence-corrected chi connectivity index (χ1v) is 7.18. The van der Waals surface area contributed by atoms with Crippen molar-refractivity contribution in [2.75, 3.05) is 6.54 Å². The summed E-state index contributed by atoms with van der Waals surface area (Å²) in [6.45, 7) is 3.84. The van der Waals surface area contributed by atoms with E-state index < -0.39 is 0 Å². The van der Waals surface area contributed by atoms with Crippen molar-refractivity contribution in [3.63, 3.8) is 0 Å². The van der Waals surface area contributed by atoms with Crippen LogP contribution in [0.25, 0.3) is 0 Å². The monoisotopic (exact) mass is 267 g/mol. The molecule has 1 saturated carbocycles. The predicted molar refractivity (Wildman–Crippen MR) is 75.9 cm³/mol. The Labute approximate surface area is 114 Å². The van der Waals surface area contributed by atoms with Crippen molar-refractivity contribution in [2.45, 2.75) is 45.3 Å². The average Bonchev–Trinajstić information content (AvgIpc) is 2.34. The Bertz CT molecular complexity index is 394. The van der Waals surface area contributed by atoms with Gasteiger partial charge in [-0.3, -0.25) is 0 Å². The van der Waals surface area contributed by atoms with Crippen molar-refractivity contribution >= 4 is 11.6 Å². The predicted octanol–water partition coefficient (Wildman–Crippen LogP) is 3.29. The third kappa shape index (κ3) is 3.71. The molecule has 2 atom stereocenters. The van der Waals surface area contributed by atoms with Crippen LogP contribution < -0.4 is 5.32 Å². The summed E-state index contributed by atoms with van der Waals surface area (Å²) in [4.78, 5) is 0. The fourth-order valence-corrected chi connectivity index (χ4v) is 2.90. The maximum absolute atomic E-state index is 9.90. The molecule has 2 N–H and O–H groups in total. The second kappa shape index (κ2) is 6.55. The highest BCUT2D eigenvalue weighted by Gasteiger charge is 2.22. The summed E-state index contributed by atoms with van der Waals surface area (Å²) in [6.07, 6.45) is 4.43. The lowest BCUT2D eigenvalue weighted by molar-refractivity contribution is 0.0695. The molecule has 0 saturated heterocycles. The number of aliphatic hydroxyl groups excluding tert-OH is 1. The van der Waals surface area contributed by atoms with Crippen LogP contribution in [0.1, 0.15) is 36.8 Å². The minimum atomic E-state index is -0.113. The Morgan fingerprint density at radius 2 is 2.11 bits per heavy atom. The van der Waals surface area contributed by atoms with E-state index in [1.165, 1.54) is 24.0 Å². The van der Waals surface area contributed by atoms with Gasteiger partial charge < -0.3 is 10.4 Å². The molecule has 18 heavy (non-hydrogen) atoms. The van der Waals surface area contributed by atoms with E-state index in [4.69, 9.17) is 11.6 Å². The summed E-state index contributed by atoms with van der Waals surface area (Å²) in [5.74, 6) is 0.423. The topological polar surface area (TPSA) is 32.3 Å². The number of rotatable bonds is 4. The number of aliphatic hydroxyl groups is 1. The number of hydrogen-bond donors (Lipinski definition) is 2. The highest BCUT2D eigenvalue weighted by molar-refractivity contribution is 6.30. The quantitative estimate of drug-likeness (QED) is 0.877. The lowest BCUT2D eigenvalue weighted by Gasteiger charge is -2.27. The van der Waals surface area contributed by atoms with Gasteiger partial charge in [-0.25, -0.2) is 0 Å². The Balaban J connectivity index is 1.81. The molecule has 1 aliphatic carbocycles. The molecule has 0 heterocycles. The van der Waals surface area contributed by atoms with Gasteiger partial charge in [0, 0.05) is 18.1 Å². The van der Waals surface area contributed by atoms with E-state index in [1.807, 2.05) is 12.1 Å². The van der Waals surface area contributed by atoms with Crippen molar-refractivity contribution in [1.82, 2.24) is 5.32 Å². The number of halogens is 1. The molecular weight excluding hydrogens is 246 g/mol. The first-order valence-electron chi connectivity index (χ1n) is 6.80. The van der Waals surface area contributed by atoms with Gasteiger partial charge in [-0.05, 0) is 48.9 Å². The lowest BCUT2D eigenvalue weighted by Crippen LogP contribution is -2.33. The Morgan fingerprint density at radius 1 is 1.33 bits per heavy atom. The smallest absolute Gasteiger partial charge is 0.0580 e. The van der Waals surface area contributed by atoms with Gasteiger partial charge >= 0.3 is 0 Å². The van der Waals surface area contributed by atoms with E-state index in [9.17, 15) is 5.11 Å². The average molecular weight is 268 g/mol. The second-order valence-electron chi connectivity index (χ2n) is 5.31. The van der Waals surface area contributed by atoms with Gasteiger partial charge in [0.25, 0.3) is 0 Å². The van der Waals surface area contributed by atoms with Crippen LogP contribution in [0.3, 0.4) is 0 Å². The molecule has 2 unspecified atom stereocenters. The molecule has 0 bridgehead atoms. The van der Waals surface area contributed by atoms with Gasteiger partial charge in [-0.2, -0.15) is 0 Å². The summed E-state index contributed by atoms with van der Waals surface area (Å²) in [6, 6.07) is 6.00. The summed E-state index contributed by atoms with van der Waals surface area (Å²) in [7, 11) is 0. The van der Waals surface area contributed by atoms with Gasteiger partial charge in [-0.15, -0.1) is 0 Å². The van der Waals surface area contributed by atoms with E-state index in [1.54, 1.807) is 0 Å². The van der Waals surface area contributed by atoms with E-state index in [0.29, 0.717) is 5.92 Å². The van der Waals surface area contributed by atoms with Crippen molar-refractivity contribution in [2.24, 2.45) is 5.92 Å². The fraction of sp³-hybridized carbons (Fsp3) is 0.600. The zero-order valence-corrected chi connectivity index (χ0v) is 11.7. The van der Waals surface area contributed by atoms with E-state index in [2.05, 4.69) is 18.3 Å². The van der Waals surface area contributed by atoms with Crippen LogP contribution in [0.2, 0.25) is 5.02 Å². The molecule has 1 aromatic rings. The second-order valence-corrected chi connectivity index (χ2v) is 5.75. The molecule has 0 amide bonds. The molecule has 1 fully saturated rings. The van der Waals surface area contributed by atoms with Crippen LogP contribution in [-0.4, -0.2) is 17.8 Å². The Hall–Kier alpha value is -0.570. The molecule has 100 valence electrons. The molecule has 0 spiro atoms. The maximum atomic E-state index is 9.90. The first kappa shape index (κ1) is 13.9. The van der Waals surface area contributed by atoms with E-state index in [0.717, 1.165) is 31.0 Å². The summed E-state index contributed by atoms with van der Waals surface area (Å²) < 4.78 is 0. The first-order chi connectivity index (χ1) is 8.66. The molecule has 1 aromatic carbocycles. The fourth-order valence-electron chi connectivity index (χ4n) is 2.68. The number of benzene rings is 1. The summed E-state index contributed by atoms with van der Waals surface area (Å²) in [5.41, 5.74) is 2.50. The highest BCUT2D eigenvalue weighted by atomic mass is 35.5. The highest BCUT2D eigenvalue weighted by Crippen LogP contribution is 2.23. The standard InChI is InChI=1S/C15H22ClNO/c1-11-8-14(16)7-6-12(11)9-17-10-13-4-2-3-5-15(13)18/h6-8,13,15,17-18H,2-5,9-10H2,1H3. The molecule has 1 aliphatic rings. The molecule has 0 aliphatic heterocycles. The maximum Gasteiger partial charge on any atom is 0.0580 e.